The van der Waals surface area contributed by atoms with Gasteiger partial charge in [0.15, 0.2) is 0 Å². The highest BCUT2D eigenvalue weighted by molar-refractivity contribution is 5.82. The number of hydrogen-bond acceptors (Lipinski definition) is 4. The lowest BCUT2D eigenvalue weighted by molar-refractivity contribution is -0.137. The Bertz CT molecular complexity index is 976. The summed E-state index contributed by atoms with van der Waals surface area (Å²) in [4.78, 5) is 34.9. The fourth-order valence-corrected chi connectivity index (χ4v) is 4.58. The highest BCUT2D eigenvalue weighted by Gasteiger charge is 2.42. The zero-order valence-electron chi connectivity index (χ0n) is 18.6. The number of carbonyl (C=O) groups excluding carboxylic acids is 2. The maximum absolute atomic E-state index is 12.3. The second-order valence-electron chi connectivity index (χ2n) is 8.80. The lowest BCUT2D eigenvalue weighted by Crippen LogP contribution is -2.30. The average molecular weight is 451 g/mol. The normalized spacial score (nSPS) is 18.2. The summed E-state index contributed by atoms with van der Waals surface area (Å²) >= 11 is 0. The van der Waals surface area contributed by atoms with E-state index in [9.17, 15) is 14.4 Å². The van der Waals surface area contributed by atoms with Crippen molar-refractivity contribution in [3.63, 3.8) is 0 Å². The van der Waals surface area contributed by atoms with Crippen LogP contribution in [0.3, 0.4) is 0 Å². The molecule has 2 aromatic rings. The number of carbonyl (C=O) groups is 3. The Morgan fingerprint density at radius 2 is 1.58 bits per heavy atom. The number of carboxylic acids is 1. The first-order valence-corrected chi connectivity index (χ1v) is 11.6. The third-order valence-electron chi connectivity index (χ3n) is 6.48. The van der Waals surface area contributed by atoms with Gasteiger partial charge in [-0.05, 0) is 47.4 Å². The molecule has 0 radical (unpaired) electrons. The van der Waals surface area contributed by atoms with Gasteiger partial charge >= 0.3 is 12.1 Å². The predicted octanol–water partition coefficient (Wildman–Crippen LogP) is 3.92. The van der Waals surface area contributed by atoms with Gasteiger partial charge in [-0.1, -0.05) is 55.0 Å². The van der Waals surface area contributed by atoms with E-state index >= 15 is 0 Å². The predicted molar refractivity (Wildman–Crippen MR) is 124 cm³/mol. The number of amides is 2. The number of hydrogen-bond donors (Lipinski definition) is 3. The first-order valence-electron chi connectivity index (χ1n) is 11.6. The first-order chi connectivity index (χ1) is 16.0. The van der Waals surface area contributed by atoms with Crippen molar-refractivity contribution in [3.8, 4) is 11.1 Å². The smallest absolute Gasteiger partial charge is 0.407 e. The number of carboxylic acid groups (broad SMARTS) is 1. The van der Waals surface area contributed by atoms with Gasteiger partial charge in [-0.15, -0.1) is 0 Å². The van der Waals surface area contributed by atoms with Crippen molar-refractivity contribution in [1.82, 2.24) is 10.6 Å². The van der Waals surface area contributed by atoms with Gasteiger partial charge in [0.25, 0.3) is 0 Å². The molecule has 2 atom stereocenters. The summed E-state index contributed by atoms with van der Waals surface area (Å²) in [6.07, 6.45) is 2.65. The number of unbranched alkanes of at least 4 members (excludes halogenated alkanes) is 2. The Balaban J connectivity index is 1.15. The average Bonchev–Trinajstić information content (AvgIpc) is 3.53. The van der Waals surface area contributed by atoms with Crippen molar-refractivity contribution in [3.05, 3.63) is 59.7 Å². The summed E-state index contributed by atoms with van der Waals surface area (Å²) in [6.45, 7) is 1.26. The van der Waals surface area contributed by atoms with Gasteiger partial charge in [-0.2, -0.15) is 0 Å². The third kappa shape index (κ3) is 5.72. The third-order valence-corrected chi connectivity index (χ3v) is 6.48. The summed E-state index contributed by atoms with van der Waals surface area (Å²) < 4.78 is 5.54. The number of fused-ring (bicyclic) bond motifs is 3. The molecular formula is C26H30N2O5. The van der Waals surface area contributed by atoms with Gasteiger partial charge in [-0.3, -0.25) is 9.59 Å². The minimum absolute atomic E-state index is 0.00701. The van der Waals surface area contributed by atoms with E-state index in [1.165, 1.54) is 22.3 Å². The van der Waals surface area contributed by atoms with Gasteiger partial charge < -0.3 is 20.5 Å². The van der Waals surface area contributed by atoms with Crippen molar-refractivity contribution < 1.29 is 24.2 Å². The van der Waals surface area contributed by atoms with Crippen LogP contribution in [-0.2, 0) is 14.3 Å². The lowest BCUT2D eigenvalue weighted by atomic mass is 9.98. The Labute approximate surface area is 193 Å². The Kier molecular flexibility index (Phi) is 7.27. The summed E-state index contributed by atoms with van der Waals surface area (Å²) in [5.74, 6) is -0.690. The monoisotopic (exact) mass is 450 g/mol. The molecule has 7 heteroatoms. The first kappa shape index (κ1) is 22.8. The number of benzene rings is 2. The zero-order chi connectivity index (χ0) is 23.2. The zero-order valence-corrected chi connectivity index (χ0v) is 18.6. The second kappa shape index (κ2) is 10.5. The molecular weight excluding hydrogens is 420 g/mol. The number of nitrogens with one attached hydrogen (secondary N) is 2. The molecule has 2 aliphatic rings. The minimum atomic E-state index is -0.788. The van der Waals surface area contributed by atoms with Gasteiger partial charge in [0.2, 0.25) is 5.91 Å². The Morgan fingerprint density at radius 1 is 0.909 bits per heavy atom. The van der Waals surface area contributed by atoms with Crippen molar-refractivity contribution >= 4 is 18.0 Å². The molecule has 0 saturated heterocycles. The summed E-state index contributed by atoms with van der Waals surface area (Å²) in [5, 5.41) is 14.3. The van der Waals surface area contributed by atoms with Crippen LogP contribution in [0.25, 0.3) is 11.1 Å². The van der Waals surface area contributed by atoms with Crippen LogP contribution in [0.15, 0.2) is 48.5 Å². The largest absolute Gasteiger partial charge is 0.481 e. The molecule has 0 aliphatic heterocycles. The van der Waals surface area contributed by atoms with Crippen LogP contribution in [-0.4, -0.2) is 42.8 Å². The molecule has 2 unspecified atom stereocenters. The van der Waals surface area contributed by atoms with Crippen LogP contribution in [0, 0.1) is 11.8 Å². The van der Waals surface area contributed by atoms with Gasteiger partial charge in [0.05, 0.1) is 0 Å². The molecule has 33 heavy (non-hydrogen) atoms. The van der Waals surface area contributed by atoms with Crippen LogP contribution in [0.1, 0.15) is 49.1 Å². The molecule has 7 nitrogen and oxygen atoms in total. The van der Waals surface area contributed by atoms with Crippen LogP contribution in [0.2, 0.25) is 0 Å². The molecule has 2 aliphatic carbocycles. The van der Waals surface area contributed by atoms with Gasteiger partial charge in [0, 0.05) is 31.3 Å². The number of ether oxygens (including phenoxy) is 1. The van der Waals surface area contributed by atoms with E-state index in [0.29, 0.717) is 19.5 Å². The van der Waals surface area contributed by atoms with Crippen molar-refractivity contribution in [1.29, 1.82) is 0 Å². The number of aliphatic carboxylic acids is 1. The molecule has 0 bridgehead atoms. The summed E-state index contributed by atoms with van der Waals surface area (Å²) in [6, 6.07) is 16.4. The second-order valence-corrected chi connectivity index (χ2v) is 8.80. The minimum Gasteiger partial charge on any atom is -0.481 e. The maximum Gasteiger partial charge on any atom is 0.407 e. The van der Waals surface area contributed by atoms with Crippen molar-refractivity contribution in [2.75, 3.05) is 19.7 Å². The van der Waals surface area contributed by atoms with Crippen LogP contribution >= 0.6 is 0 Å². The molecule has 0 heterocycles. The molecule has 0 spiro atoms. The van der Waals surface area contributed by atoms with Crippen molar-refractivity contribution in [2.24, 2.45) is 11.8 Å². The number of rotatable bonds is 11. The van der Waals surface area contributed by atoms with Gasteiger partial charge in [0.1, 0.15) is 6.61 Å². The lowest BCUT2D eigenvalue weighted by Gasteiger charge is -2.14. The SMILES string of the molecule is O=C(O)CCCCCNC(=O)C1CC1CNC(=O)OCC1c2ccccc2-c2ccccc21. The highest BCUT2D eigenvalue weighted by Crippen LogP contribution is 2.44. The molecule has 174 valence electrons. The molecule has 3 N–H and O–H groups in total. The van der Waals surface area contributed by atoms with Crippen LogP contribution in [0.5, 0.6) is 0 Å². The Hall–Kier alpha value is -3.35. The van der Waals surface area contributed by atoms with E-state index in [4.69, 9.17) is 9.84 Å². The topological polar surface area (TPSA) is 105 Å². The standard InChI is InChI=1S/C26H30N2O5/c29-24(30)12-2-1-7-13-27-25(31)22-14-17(22)15-28-26(32)33-16-23-20-10-5-3-8-18(20)19-9-4-6-11-21(19)23/h3-6,8-11,17,22-23H,1-2,7,12-16H2,(H,27,31)(H,28,32)(H,29,30). The highest BCUT2D eigenvalue weighted by atomic mass is 16.5. The van der Waals surface area contributed by atoms with E-state index < -0.39 is 12.1 Å². The van der Waals surface area contributed by atoms with Crippen molar-refractivity contribution in [2.45, 2.75) is 38.0 Å². The van der Waals surface area contributed by atoms with E-state index in [1.54, 1.807) is 0 Å². The fourth-order valence-electron chi connectivity index (χ4n) is 4.58. The molecule has 2 aromatic carbocycles. The van der Waals surface area contributed by atoms with Gasteiger partial charge in [-0.25, -0.2) is 4.79 Å². The quantitative estimate of drug-likeness (QED) is 0.450. The molecule has 1 fully saturated rings. The van der Waals surface area contributed by atoms with Crippen LogP contribution < -0.4 is 10.6 Å². The number of alkyl carbamates (subject to hydrolysis) is 1. The van der Waals surface area contributed by atoms with E-state index in [-0.39, 0.29) is 36.7 Å². The van der Waals surface area contributed by atoms with E-state index in [0.717, 1.165) is 19.3 Å². The molecule has 1 saturated carbocycles. The molecule has 0 aromatic heterocycles. The maximum atomic E-state index is 12.3. The van der Waals surface area contributed by atoms with E-state index in [2.05, 4.69) is 34.9 Å². The summed E-state index contributed by atoms with van der Waals surface area (Å²) in [7, 11) is 0. The Morgan fingerprint density at radius 3 is 2.24 bits per heavy atom. The van der Waals surface area contributed by atoms with E-state index in [1.807, 2.05) is 24.3 Å². The fraction of sp³-hybridized carbons (Fsp3) is 0.423. The van der Waals surface area contributed by atoms with Crippen LogP contribution in [0.4, 0.5) is 4.79 Å². The molecule has 2 amide bonds. The molecule has 4 rings (SSSR count). The summed E-state index contributed by atoms with van der Waals surface area (Å²) in [5.41, 5.74) is 4.73.